The Kier molecular flexibility index (Phi) is 10.5. The van der Waals surface area contributed by atoms with Crippen molar-refractivity contribution in [1.82, 2.24) is 0 Å². The first-order chi connectivity index (χ1) is 21.6. The molecule has 0 unspecified atom stereocenters. The van der Waals surface area contributed by atoms with Crippen LogP contribution in [-0.2, 0) is 26.0 Å². The van der Waals surface area contributed by atoms with Crippen molar-refractivity contribution in [2.24, 2.45) is 0 Å². The van der Waals surface area contributed by atoms with Crippen LogP contribution in [0.4, 0.5) is 0 Å². The van der Waals surface area contributed by atoms with Gasteiger partial charge in [-0.25, -0.2) is 0 Å². The molecular weight excluding hydrogens is 622 g/mol. The van der Waals surface area contributed by atoms with Gasteiger partial charge in [-0.1, -0.05) is 0 Å². The fraction of sp³-hybridized carbons (Fsp3) is 0.400. The third-order valence-electron chi connectivity index (χ3n) is 8.29. The number of hydrogen-bond acceptors (Lipinski definition) is 5. The molecule has 0 fully saturated rings. The molecule has 0 saturated carbocycles. The van der Waals surface area contributed by atoms with Crippen molar-refractivity contribution in [2.75, 3.05) is 0 Å². The molecule has 0 spiro atoms. The van der Waals surface area contributed by atoms with E-state index in [1.807, 2.05) is 36.4 Å². The van der Waals surface area contributed by atoms with E-state index in [9.17, 15) is 9.79 Å². The van der Waals surface area contributed by atoms with Gasteiger partial charge in [-0.3, -0.25) is 0 Å². The predicted molar refractivity (Wildman–Crippen MR) is 203 cm³/mol. The quantitative estimate of drug-likeness (QED) is 0.182. The van der Waals surface area contributed by atoms with Gasteiger partial charge in [0.2, 0.25) is 0 Å². The van der Waals surface area contributed by atoms with Crippen molar-refractivity contribution in [3.8, 4) is 11.5 Å². The molecule has 0 bridgehead atoms. The molecule has 4 aromatic carbocycles. The summed E-state index contributed by atoms with van der Waals surface area (Å²) in [4.78, 5) is 24.0. The summed E-state index contributed by atoms with van der Waals surface area (Å²) in [6.45, 7) is 25.9. The van der Waals surface area contributed by atoms with Gasteiger partial charge in [0.15, 0.2) is 0 Å². The predicted octanol–water partition coefficient (Wildman–Crippen LogP) is 9.98. The summed E-state index contributed by atoms with van der Waals surface area (Å²) in [6, 6.07) is 30.8. The van der Waals surface area contributed by atoms with E-state index in [0.717, 1.165) is 22.3 Å². The summed E-state index contributed by atoms with van der Waals surface area (Å²) >= 11 is 0. The van der Waals surface area contributed by atoms with Gasteiger partial charge in [0.1, 0.15) is 0 Å². The SMILES string of the molecule is CC(C)(C)c1cccc(C(C)(C)C)c1O[PH](Oc1c(C(C)(C)C)cccc1C(C)(C)C)(O[PH](O)(O)c1ccccc1)c1ccccc1. The van der Waals surface area contributed by atoms with Crippen molar-refractivity contribution in [1.29, 1.82) is 0 Å². The normalized spacial score (nSPS) is 14.1. The van der Waals surface area contributed by atoms with Crippen LogP contribution in [0.2, 0.25) is 0 Å². The number of rotatable bonds is 8. The molecule has 4 rings (SSSR count). The molecule has 0 aliphatic rings. The average Bonchev–Trinajstić information content (AvgIpc) is 2.96. The van der Waals surface area contributed by atoms with Gasteiger partial charge >= 0.3 is 285 Å². The first kappa shape index (κ1) is 37.0. The van der Waals surface area contributed by atoms with E-state index < -0.39 is 15.9 Å². The number of benzene rings is 4. The van der Waals surface area contributed by atoms with Crippen molar-refractivity contribution in [2.45, 2.75) is 105 Å². The van der Waals surface area contributed by atoms with Crippen LogP contribution in [0, 0.1) is 0 Å². The monoisotopic (exact) mass is 678 g/mol. The van der Waals surface area contributed by atoms with E-state index in [1.165, 1.54) is 0 Å². The van der Waals surface area contributed by atoms with E-state index >= 15 is 0 Å². The Morgan fingerprint density at radius 2 is 0.702 bits per heavy atom. The maximum atomic E-state index is 12.0. The van der Waals surface area contributed by atoms with Gasteiger partial charge in [0.05, 0.1) is 0 Å². The molecule has 0 atom stereocenters. The van der Waals surface area contributed by atoms with E-state index in [4.69, 9.17) is 13.4 Å². The standard InChI is InChI=1S/C40H56O5P2/c1-37(2,3)31-25-19-26-32(38(4,5)6)35(31)43-47(30-23-17-14-18-24-30,45-46(41,42)29-21-15-13-16-22-29)44-36-33(39(7,8)9)27-20-28-34(36)40(10,11)12/h13-28,41-42,46-47H,1-12H3. The Balaban J connectivity index is 2.16. The summed E-state index contributed by atoms with van der Waals surface area (Å²) in [5.74, 6) is 1.29. The van der Waals surface area contributed by atoms with Crippen molar-refractivity contribution < 1.29 is 23.1 Å². The van der Waals surface area contributed by atoms with E-state index in [0.29, 0.717) is 22.1 Å². The van der Waals surface area contributed by atoms with Crippen LogP contribution in [0.25, 0.3) is 0 Å². The van der Waals surface area contributed by atoms with Crippen molar-refractivity contribution in [3.63, 3.8) is 0 Å². The van der Waals surface area contributed by atoms with E-state index in [-0.39, 0.29) is 21.7 Å². The zero-order chi connectivity index (χ0) is 35.1. The molecule has 5 nitrogen and oxygen atoms in total. The molecule has 0 aliphatic heterocycles. The Morgan fingerprint density at radius 1 is 0.404 bits per heavy atom. The second kappa shape index (κ2) is 13.3. The first-order valence-electron chi connectivity index (χ1n) is 16.5. The number of para-hydroxylation sites is 2. The van der Waals surface area contributed by atoms with Crippen LogP contribution in [0.3, 0.4) is 0 Å². The second-order valence-electron chi connectivity index (χ2n) is 16.6. The molecule has 256 valence electrons. The van der Waals surface area contributed by atoms with Gasteiger partial charge in [-0.15, -0.1) is 0 Å². The molecule has 0 aliphatic carbocycles. The van der Waals surface area contributed by atoms with Crippen molar-refractivity contribution in [3.05, 3.63) is 119 Å². The van der Waals surface area contributed by atoms with Crippen molar-refractivity contribution >= 4 is 26.5 Å². The second-order valence-corrected chi connectivity index (χ2v) is 21.3. The molecular formula is C40H56O5P2. The molecule has 0 aromatic heterocycles. The summed E-state index contributed by atoms with van der Waals surface area (Å²) in [5, 5.41) is 0.934. The fourth-order valence-corrected chi connectivity index (χ4v) is 11.0. The summed E-state index contributed by atoms with van der Waals surface area (Å²) in [7, 11) is -9.00. The Morgan fingerprint density at radius 3 is 1.00 bits per heavy atom. The van der Waals surface area contributed by atoms with Gasteiger partial charge in [0, 0.05) is 0 Å². The van der Waals surface area contributed by atoms with Crippen LogP contribution >= 0.6 is 15.9 Å². The van der Waals surface area contributed by atoms with Gasteiger partial charge in [-0.05, 0) is 0 Å². The minimum atomic E-state index is -4.65. The molecule has 2 N–H and O–H groups in total. The van der Waals surface area contributed by atoms with Crippen LogP contribution in [0.15, 0.2) is 97.1 Å². The van der Waals surface area contributed by atoms with Crippen LogP contribution < -0.4 is 19.7 Å². The van der Waals surface area contributed by atoms with Crippen LogP contribution in [-0.4, -0.2) is 9.79 Å². The Hall–Kier alpha value is -2.78. The van der Waals surface area contributed by atoms with Crippen LogP contribution in [0.1, 0.15) is 105 Å². The van der Waals surface area contributed by atoms with Gasteiger partial charge in [0.25, 0.3) is 0 Å². The third kappa shape index (κ3) is 8.45. The summed E-state index contributed by atoms with van der Waals surface area (Å²) in [6.07, 6.45) is 0. The summed E-state index contributed by atoms with van der Waals surface area (Å²) in [5.41, 5.74) is 2.69. The number of hydrogen-bond donors (Lipinski definition) is 2. The molecule has 0 saturated heterocycles. The van der Waals surface area contributed by atoms with E-state index in [1.54, 1.807) is 24.3 Å². The molecule has 0 amide bonds. The average molecular weight is 679 g/mol. The molecule has 4 aromatic rings. The molecule has 0 heterocycles. The zero-order valence-corrected chi connectivity index (χ0v) is 32.4. The van der Waals surface area contributed by atoms with Gasteiger partial charge < -0.3 is 0 Å². The molecule has 47 heavy (non-hydrogen) atoms. The zero-order valence-electron chi connectivity index (χ0n) is 30.4. The third-order valence-corrected chi connectivity index (χ3v) is 13.6. The Bertz CT molecular complexity index is 1510. The Labute approximate surface area is 284 Å². The van der Waals surface area contributed by atoms with E-state index in [2.05, 4.69) is 119 Å². The summed E-state index contributed by atoms with van der Waals surface area (Å²) < 4.78 is 21.6. The van der Waals surface area contributed by atoms with Crippen LogP contribution in [0.5, 0.6) is 11.5 Å². The molecule has 0 radical (unpaired) electrons. The molecule has 7 heteroatoms. The maximum absolute atomic E-state index is 12.0. The minimum absolute atomic E-state index is 0.306. The first-order valence-corrected chi connectivity index (χ1v) is 20.0. The topological polar surface area (TPSA) is 68.2 Å². The fourth-order valence-electron chi connectivity index (χ4n) is 5.71. The van der Waals surface area contributed by atoms with Gasteiger partial charge in [-0.2, -0.15) is 0 Å².